The number of fused-ring (bicyclic) bond motifs is 1. The van der Waals surface area contributed by atoms with Gasteiger partial charge in [-0.1, -0.05) is 55.3 Å². The first-order valence-corrected chi connectivity index (χ1v) is 23.8. The predicted molar refractivity (Wildman–Crippen MR) is 250 cm³/mol. The van der Waals surface area contributed by atoms with Crippen LogP contribution in [0.1, 0.15) is 61.0 Å². The van der Waals surface area contributed by atoms with E-state index >= 15 is 0 Å². The summed E-state index contributed by atoms with van der Waals surface area (Å²) in [6, 6.07) is 20.7. The molecule has 3 aliphatic heterocycles. The number of H-pyrrole nitrogens is 1. The number of carbonyl (C=O) groups is 1. The molecule has 15 nitrogen and oxygen atoms in total. The molecule has 0 bridgehead atoms. The molecule has 0 radical (unpaired) electrons. The first kappa shape index (κ1) is 44.6. The van der Waals surface area contributed by atoms with Gasteiger partial charge in [0.05, 0.1) is 53.5 Å². The molecule has 3 aromatic carbocycles. The fourth-order valence-corrected chi connectivity index (χ4v) is 10.1. The number of hydrogen-bond acceptors (Lipinski definition) is 12. The Bertz CT molecular complexity index is 2790. The second kappa shape index (κ2) is 18.7. The summed E-state index contributed by atoms with van der Waals surface area (Å²) in [4.78, 5) is 37.3. The second-order valence-corrected chi connectivity index (χ2v) is 20.1. The Hall–Kier alpha value is -5.62. The number of anilines is 1. The van der Waals surface area contributed by atoms with Crippen molar-refractivity contribution >= 4 is 61.1 Å². The van der Waals surface area contributed by atoms with Gasteiger partial charge in [-0.15, -0.1) is 0 Å². The van der Waals surface area contributed by atoms with Crippen molar-refractivity contribution in [3.05, 3.63) is 129 Å². The van der Waals surface area contributed by atoms with Crippen LogP contribution < -0.4 is 14.8 Å². The number of nitro groups is 1. The molecule has 1 unspecified atom stereocenters. The molecule has 65 heavy (non-hydrogen) atoms. The first-order valence-electron chi connectivity index (χ1n) is 21.9. The summed E-state index contributed by atoms with van der Waals surface area (Å²) < 4.78 is 47.2. The number of nitrogens with one attached hydrogen (secondary N) is 3. The molecule has 3 N–H and O–H groups in total. The average Bonchev–Trinajstić information content (AvgIpc) is 3.74. The highest BCUT2D eigenvalue weighted by Crippen LogP contribution is 2.44. The number of benzene rings is 3. The molecule has 340 valence electrons. The molecule has 0 spiro atoms. The third-order valence-electron chi connectivity index (χ3n) is 12.8. The second-order valence-electron chi connectivity index (χ2n) is 18.0. The number of ether oxygens (including phenoxy) is 3. The van der Waals surface area contributed by atoms with Crippen LogP contribution in [0, 0.1) is 15.5 Å². The molecule has 5 aromatic rings. The number of allylic oxidation sites excluding steroid dienone is 1. The largest absolute Gasteiger partial charge is 0.455 e. The lowest BCUT2D eigenvalue weighted by molar-refractivity contribution is -0.384. The number of hydrogen-bond donors (Lipinski definition) is 3. The minimum Gasteiger partial charge on any atom is -0.455 e. The van der Waals surface area contributed by atoms with Crippen molar-refractivity contribution in [3.8, 4) is 11.5 Å². The fraction of sp³-hybridized carbons (Fsp3) is 0.375. The predicted octanol–water partition coefficient (Wildman–Crippen LogP) is 8.30. The SMILES string of the molecule is CC1(C)CCC(CN2CC=C(c3ccc(C(=O)NS(=O)(=O)c4ccc(NCC5CN(C6COC6)CCO5)c([N+](=O)[O-])c4)c(Oc4cnc5[nH]ccc5c4)c3)CC2)=C(c2ccc(Cl)cc2)C1. The first-order chi connectivity index (χ1) is 31.3. The molecule has 2 aromatic heterocycles. The quantitative estimate of drug-likeness (QED) is 0.0717. The van der Waals surface area contributed by atoms with Crippen molar-refractivity contribution < 1.29 is 32.3 Å². The Morgan fingerprint density at radius 2 is 1.86 bits per heavy atom. The van der Waals surface area contributed by atoms with Gasteiger partial charge in [0, 0.05) is 61.9 Å². The van der Waals surface area contributed by atoms with Crippen LogP contribution in [-0.4, -0.2) is 110 Å². The topological polar surface area (TPSA) is 181 Å². The van der Waals surface area contributed by atoms with Crippen LogP contribution in [0.2, 0.25) is 5.02 Å². The highest BCUT2D eigenvalue weighted by Gasteiger charge is 2.33. The highest BCUT2D eigenvalue weighted by atomic mass is 35.5. The number of nitrogens with zero attached hydrogens (tertiary/aromatic N) is 4. The molecule has 1 amide bonds. The summed E-state index contributed by atoms with van der Waals surface area (Å²) >= 11 is 6.25. The molecule has 4 aliphatic rings. The van der Waals surface area contributed by atoms with Gasteiger partial charge in [0.15, 0.2) is 0 Å². The van der Waals surface area contributed by atoms with Crippen molar-refractivity contribution in [1.29, 1.82) is 0 Å². The van der Waals surface area contributed by atoms with Crippen LogP contribution >= 0.6 is 11.6 Å². The van der Waals surface area contributed by atoms with Crippen LogP contribution in [0.5, 0.6) is 11.5 Å². The van der Waals surface area contributed by atoms with Crippen molar-refractivity contribution in [3.63, 3.8) is 0 Å². The number of morpholine rings is 1. The Morgan fingerprint density at radius 1 is 1.05 bits per heavy atom. The third kappa shape index (κ3) is 10.3. The standard InChI is InChI=1S/C48H52ClN7O8S/c1-48(2)15-11-35(42(24-48)32-3-6-36(49)7-4-32)27-54-17-13-31(14-18-54)33-5-9-41(45(22-33)64-38-21-34-12-16-50-46(34)52-25-38)47(57)53-65(60,61)40-8-10-43(44(23-40)56(58)59)51-26-39-28-55(19-20-63-39)37-29-62-30-37/h3-10,12-13,16,21-23,25,37,39,51H,11,14-15,17-20,24,26-30H2,1-2H3,(H,50,52)(H,53,57). The minimum absolute atomic E-state index is 0.0470. The van der Waals surface area contributed by atoms with E-state index in [1.54, 1.807) is 30.5 Å². The molecule has 2 fully saturated rings. The van der Waals surface area contributed by atoms with E-state index in [4.69, 9.17) is 25.8 Å². The van der Waals surface area contributed by atoms with E-state index in [1.165, 1.54) is 35.0 Å². The summed E-state index contributed by atoms with van der Waals surface area (Å²) in [5, 5.41) is 16.8. The summed E-state index contributed by atoms with van der Waals surface area (Å²) in [6.07, 6.45) is 9.16. The minimum atomic E-state index is -4.59. The van der Waals surface area contributed by atoms with Crippen molar-refractivity contribution in [1.82, 2.24) is 24.5 Å². The maximum Gasteiger partial charge on any atom is 0.293 e. The highest BCUT2D eigenvalue weighted by molar-refractivity contribution is 7.90. The summed E-state index contributed by atoms with van der Waals surface area (Å²) in [6.45, 7) is 10.6. The third-order valence-corrected chi connectivity index (χ3v) is 14.4. The number of carbonyl (C=O) groups excluding carboxylic acids is 1. The average molecular weight is 923 g/mol. The maximum absolute atomic E-state index is 14.0. The fourth-order valence-electron chi connectivity index (χ4n) is 9.02. The number of aromatic nitrogens is 2. The van der Waals surface area contributed by atoms with Crippen molar-refractivity contribution in [2.45, 2.75) is 56.6 Å². The Balaban J connectivity index is 0.929. The van der Waals surface area contributed by atoms with Crippen LogP contribution in [0.15, 0.2) is 102 Å². The van der Waals surface area contributed by atoms with Gasteiger partial charge in [0.1, 0.15) is 22.8 Å². The zero-order valence-electron chi connectivity index (χ0n) is 36.3. The number of aromatic amines is 1. The number of halogens is 1. The van der Waals surface area contributed by atoms with Gasteiger partial charge < -0.3 is 24.5 Å². The molecule has 17 heteroatoms. The smallest absolute Gasteiger partial charge is 0.293 e. The lowest BCUT2D eigenvalue weighted by Crippen LogP contribution is -2.56. The van der Waals surface area contributed by atoms with Crippen LogP contribution in [-0.2, 0) is 19.5 Å². The normalized spacial score (nSPS) is 19.7. The van der Waals surface area contributed by atoms with E-state index in [1.807, 2.05) is 18.2 Å². The maximum atomic E-state index is 14.0. The lowest BCUT2D eigenvalue weighted by Gasteiger charge is -2.42. The Labute approximate surface area is 383 Å². The molecule has 1 atom stereocenters. The van der Waals surface area contributed by atoms with Gasteiger partial charge in [-0.3, -0.25) is 24.7 Å². The zero-order valence-corrected chi connectivity index (χ0v) is 37.9. The molecule has 5 heterocycles. The van der Waals surface area contributed by atoms with Crippen molar-refractivity contribution in [2.24, 2.45) is 5.41 Å². The van der Waals surface area contributed by atoms with Crippen LogP contribution in [0.4, 0.5) is 11.4 Å². The Morgan fingerprint density at radius 3 is 2.62 bits per heavy atom. The monoisotopic (exact) mass is 921 g/mol. The van der Waals surface area contributed by atoms with Crippen molar-refractivity contribution in [2.75, 3.05) is 64.4 Å². The zero-order chi connectivity index (χ0) is 45.3. The van der Waals surface area contributed by atoms with E-state index in [0.29, 0.717) is 43.8 Å². The van der Waals surface area contributed by atoms with Gasteiger partial charge >= 0.3 is 0 Å². The van der Waals surface area contributed by atoms with Gasteiger partial charge in [-0.05, 0) is 102 Å². The van der Waals surface area contributed by atoms with E-state index in [-0.39, 0.29) is 35.1 Å². The summed E-state index contributed by atoms with van der Waals surface area (Å²) in [5.41, 5.74) is 6.48. The van der Waals surface area contributed by atoms with Crippen LogP contribution in [0.3, 0.4) is 0 Å². The Kier molecular flexibility index (Phi) is 12.8. The number of sulfonamides is 1. The number of pyridine rings is 1. The van der Waals surface area contributed by atoms with E-state index in [2.05, 4.69) is 61.9 Å². The number of rotatable bonds is 14. The molecule has 9 rings (SSSR count). The lowest BCUT2D eigenvalue weighted by atomic mass is 9.72. The van der Waals surface area contributed by atoms with E-state index in [9.17, 15) is 23.3 Å². The van der Waals surface area contributed by atoms with Gasteiger partial charge in [0.2, 0.25) is 0 Å². The van der Waals surface area contributed by atoms with Gasteiger partial charge in [-0.2, -0.15) is 0 Å². The molecule has 0 saturated carbocycles. The van der Waals surface area contributed by atoms with Gasteiger partial charge in [-0.25, -0.2) is 18.1 Å². The van der Waals surface area contributed by atoms with E-state index < -0.39 is 31.4 Å². The summed E-state index contributed by atoms with van der Waals surface area (Å²) in [5.74, 6) is -0.499. The number of nitro benzene ring substituents is 1. The molecule has 2 saturated heterocycles. The molecular formula is C48H52ClN7O8S. The summed E-state index contributed by atoms with van der Waals surface area (Å²) in [7, 11) is -4.59. The molecular weight excluding hydrogens is 870 g/mol. The van der Waals surface area contributed by atoms with Crippen LogP contribution in [0.25, 0.3) is 22.2 Å². The van der Waals surface area contributed by atoms with E-state index in [0.717, 1.165) is 79.5 Å². The molecule has 1 aliphatic carbocycles. The number of amides is 1. The van der Waals surface area contributed by atoms with Gasteiger partial charge in [0.25, 0.3) is 21.6 Å².